The summed E-state index contributed by atoms with van der Waals surface area (Å²) in [6.45, 7) is 4.22. The van der Waals surface area contributed by atoms with Gasteiger partial charge in [-0.2, -0.15) is 0 Å². The number of phosphoric acid groups is 1. The number of esters is 2. The number of unbranched alkanes of at least 4 members (excludes halogenated alkanes) is 25. The molecule has 0 N–H and O–H groups in total. The minimum atomic E-state index is -4.63. The Morgan fingerprint density at radius 3 is 1.30 bits per heavy atom. The number of phosphoric ester groups is 1. The number of likely N-dealkylation sites (N-methyl/N-ethyl adjacent to an activating group) is 1. The number of ether oxygens (including phenoxy) is 2. The molecule has 9 nitrogen and oxygen atoms in total. The van der Waals surface area contributed by atoms with Crippen LogP contribution in [0.2, 0.25) is 0 Å². The molecule has 0 aliphatic carbocycles. The van der Waals surface area contributed by atoms with Crippen molar-refractivity contribution >= 4 is 19.8 Å². The van der Waals surface area contributed by atoms with Gasteiger partial charge in [0.25, 0.3) is 7.82 Å². The fraction of sp³-hybridized carbons (Fsp3) is 0.872. The summed E-state index contributed by atoms with van der Waals surface area (Å²) < 4.78 is 33.9. The maximum Gasteiger partial charge on any atom is 0.306 e. The predicted molar refractivity (Wildman–Crippen MR) is 236 cm³/mol. The van der Waals surface area contributed by atoms with Crippen molar-refractivity contribution in [1.82, 2.24) is 0 Å². The van der Waals surface area contributed by atoms with Crippen molar-refractivity contribution in [1.29, 1.82) is 0 Å². The molecule has 0 rings (SSSR count). The van der Waals surface area contributed by atoms with E-state index in [1.165, 1.54) is 116 Å². The first-order chi connectivity index (χ1) is 27.5. The lowest BCUT2D eigenvalue weighted by molar-refractivity contribution is -0.870. The number of quaternary nitrogens is 1. The largest absolute Gasteiger partial charge is 0.756 e. The number of carbonyl (C=O) groups is 2. The van der Waals surface area contributed by atoms with E-state index >= 15 is 0 Å². The molecule has 57 heavy (non-hydrogen) atoms. The average molecular weight is 828 g/mol. The Hall–Kier alpha value is -1.51. The Bertz CT molecular complexity index is 1030. The van der Waals surface area contributed by atoms with Crippen LogP contribution >= 0.6 is 7.82 Å². The second kappa shape index (κ2) is 39.9. The molecule has 0 fully saturated rings. The lowest BCUT2D eigenvalue weighted by Crippen LogP contribution is -2.37. The van der Waals surface area contributed by atoms with Crippen molar-refractivity contribution in [2.45, 2.75) is 219 Å². The number of hydrogen-bond acceptors (Lipinski definition) is 8. The molecule has 0 aliphatic rings. The molecule has 0 spiro atoms. The van der Waals surface area contributed by atoms with Gasteiger partial charge in [0.1, 0.15) is 19.8 Å². The second-order valence-corrected chi connectivity index (χ2v) is 18.5. The molecule has 2 atom stereocenters. The quantitative estimate of drug-likeness (QED) is 0.0196. The van der Waals surface area contributed by atoms with E-state index in [1.807, 2.05) is 21.1 Å². The third kappa shape index (κ3) is 43.9. The normalized spacial score (nSPS) is 13.7. The van der Waals surface area contributed by atoms with E-state index in [0.29, 0.717) is 17.4 Å². The summed E-state index contributed by atoms with van der Waals surface area (Å²) in [6.07, 6.45) is 43.4. The van der Waals surface area contributed by atoms with Gasteiger partial charge < -0.3 is 27.9 Å². The van der Waals surface area contributed by atoms with Crippen LogP contribution in [0.1, 0.15) is 213 Å². The van der Waals surface area contributed by atoms with Crippen molar-refractivity contribution in [3.63, 3.8) is 0 Å². The third-order valence-corrected chi connectivity index (χ3v) is 11.2. The van der Waals surface area contributed by atoms with E-state index < -0.39 is 32.5 Å². The summed E-state index contributed by atoms with van der Waals surface area (Å²) in [7, 11) is 1.16. The van der Waals surface area contributed by atoms with Gasteiger partial charge in [-0.25, -0.2) is 0 Å². The Morgan fingerprint density at radius 2 is 0.895 bits per heavy atom. The van der Waals surface area contributed by atoms with Crippen molar-refractivity contribution in [2.75, 3.05) is 47.5 Å². The highest BCUT2D eigenvalue weighted by molar-refractivity contribution is 7.45. The molecule has 10 heteroatoms. The van der Waals surface area contributed by atoms with Crippen molar-refractivity contribution < 1.29 is 42.1 Å². The summed E-state index contributed by atoms with van der Waals surface area (Å²) in [5.74, 6) is -0.843. The molecule has 0 saturated heterocycles. The highest BCUT2D eigenvalue weighted by Crippen LogP contribution is 2.38. The standard InChI is InChI=1S/C47H90NO8P/c1-6-8-10-12-14-16-18-20-22-23-24-26-28-30-32-34-36-38-40-47(50)56-45(44-55-57(51,52)54-42-41-48(3,4)5)43-53-46(49)39-37-35-33-31-29-27-25-21-19-17-15-13-11-9-7-2/h21-23,25,45H,6-20,24,26-44H2,1-5H3/b23-22-,25-21-. The zero-order valence-corrected chi connectivity index (χ0v) is 38.7. The van der Waals surface area contributed by atoms with Crippen LogP contribution in [-0.2, 0) is 32.7 Å². The third-order valence-electron chi connectivity index (χ3n) is 10.2. The predicted octanol–water partition coefficient (Wildman–Crippen LogP) is 12.9. The van der Waals surface area contributed by atoms with Gasteiger partial charge in [0.2, 0.25) is 0 Å². The number of rotatable bonds is 43. The van der Waals surface area contributed by atoms with Crippen LogP contribution in [0, 0.1) is 0 Å². The summed E-state index contributed by atoms with van der Waals surface area (Å²) in [5.41, 5.74) is 0. The van der Waals surface area contributed by atoms with Gasteiger partial charge in [-0.15, -0.1) is 0 Å². The van der Waals surface area contributed by atoms with E-state index in [0.717, 1.165) is 64.2 Å². The van der Waals surface area contributed by atoms with E-state index in [4.69, 9.17) is 18.5 Å². The molecular weight excluding hydrogens is 737 g/mol. The highest BCUT2D eigenvalue weighted by atomic mass is 31.2. The molecule has 0 radical (unpaired) electrons. The summed E-state index contributed by atoms with van der Waals surface area (Å²) in [5, 5.41) is 0. The highest BCUT2D eigenvalue weighted by Gasteiger charge is 2.21. The van der Waals surface area contributed by atoms with Crippen LogP contribution < -0.4 is 4.89 Å². The first-order valence-electron chi connectivity index (χ1n) is 23.5. The SMILES string of the molecule is CCCCCCCC/C=C\CCCCCCCC(=O)OCC(COP(=O)([O-])OCC[N+](C)(C)C)OC(=O)CCCCCCCCC/C=C\CCCCCCCCC. The smallest absolute Gasteiger partial charge is 0.306 e. The Kier molecular flexibility index (Phi) is 38.9. The summed E-state index contributed by atoms with van der Waals surface area (Å²) in [4.78, 5) is 37.6. The molecule has 0 saturated carbocycles. The van der Waals surface area contributed by atoms with Crippen LogP contribution in [0.25, 0.3) is 0 Å². The van der Waals surface area contributed by atoms with Gasteiger partial charge in [-0.05, 0) is 64.2 Å². The van der Waals surface area contributed by atoms with Gasteiger partial charge in [0.05, 0.1) is 27.7 Å². The van der Waals surface area contributed by atoms with E-state index in [1.54, 1.807) is 0 Å². The topological polar surface area (TPSA) is 111 Å². The number of hydrogen-bond donors (Lipinski definition) is 0. The Labute approximate surface area is 351 Å². The monoisotopic (exact) mass is 828 g/mol. The molecule has 2 unspecified atom stereocenters. The van der Waals surface area contributed by atoms with Gasteiger partial charge in [0.15, 0.2) is 6.10 Å². The van der Waals surface area contributed by atoms with Gasteiger partial charge >= 0.3 is 11.9 Å². The molecule has 0 bridgehead atoms. The Balaban J connectivity index is 4.32. The molecule has 0 aliphatic heterocycles. The molecule has 0 aromatic rings. The van der Waals surface area contributed by atoms with Crippen LogP contribution in [0.5, 0.6) is 0 Å². The number of allylic oxidation sites excluding steroid dienone is 4. The molecule has 0 amide bonds. The van der Waals surface area contributed by atoms with Crippen LogP contribution in [0.15, 0.2) is 24.3 Å². The fourth-order valence-electron chi connectivity index (χ4n) is 6.47. The van der Waals surface area contributed by atoms with Gasteiger partial charge in [-0.3, -0.25) is 14.2 Å². The molecule has 0 aromatic heterocycles. The minimum absolute atomic E-state index is 0.0317. The summed E-state index contributed by atoms with van der Waals surface area (Å²) in [6, 6.07) is 0. The zero-order chi connectivity index (χ0) is 42.1. The average Bonchev–Trinajstić information content (AvgIpc) is 3.16. The number of carbonyl (C=O) groups excluding carboxylic acids is 2. The van der Waals surface area contributed by atoms with Crippen molar-refractivity contribution in [2.24, 2.45) is 0 Å². The van der Waals surface area contributed by atoms with Gasteiger partial charge in [-0.1, -0.05) is 160 Å². The van der Waals surface area contributed by atoms with Crippen molar-refractivity contribution in [3.05, 3.63) is 24.3 Å². The first-order valence-corrected chi connectivity index (χ1v) is 25.0. The van der Waals surface area contributed by atoms with Crippen LogP contribution in [-0.4, -0.2) is 70.0 Å². The lowest BCUT2D eigenvalue weighted by atomic mass is 10.1. The lowest BCUT2D eigenvalue weighted by Gasteiger charge is -2.28. The maximum absolute atomic E-state index is 12.7. The Morgan fingerprint density at radius 1 is 0.526 bits per heavy atom. The number of nitrogens with zero attached hydrogens (tertiary/aromatic N) is 1. The zero-order valence-electron chi connectivity index (χ0n) is 37.8. The molecule has 336 valence electrons. The minimum Gasteiger partial charge on any atom is -0.756 e. The van der Waals surface area contributed by atoms with Crippen LogP contribution in [0.4, 0.5) is 0 Å². The second-order valence-electron chi connectivity index (χ2n) is 17.1. The molecule has 0 aromatic carbocycles. The molecule has 0 heterocycles. The van der Waals surface area contributed by atoms with Crippen molar-refractivity contribution in [3.8, 4) is 0 Å². The van der Waals surface area contributed by atoms with E-state index in [9.17, 15) is 19.0 Å². The van der Waals surface area contributed by atoms with Gasteiger partial charge in [0, 0.05) is 12.8 Å². The maximum atomic E-state index is 12.7. The first kappa shape index (κ1) is 55.5. The van der Waals surface area contributed by atoms with E-state index in [2.05, 4.69) is 38.2 Å². The van der Waals surface area contributed by atoms with Crippen LogP contribution in [0.3, 0.4) is 0 Å². The summed E-state index contributed by atoms with van der Waals surface area (Å²) >= 11 is 0. The van der Waals surface area contributed by atoms with E-state index in [-0.39, 0.29) is 26.1 Å². The fourth-order valence-corrected chi connectivity index (χ4v) is 7.20. The molecular formula is C47H90NO8P.